The molecule has 0 saturated heterocycles. The SMILES string of the molecule is CCOC(=O)NC(CCCCN)C(=O)c1noc(Cc2ccc(C(=O)NCCc3cccc(Cl)c3)cc2)n1. The molecule has 1 aromatic heterocycles. The highest BCUT2D eigenvalue weighted by molar-refractivity contribution is 6.30. The average molecular weight is 542 g/mol. The van der Waals surface area contributed by atoms with E-state index in [9.17, 15) is 14.4 Å². The van der Waals surface area contributed by atoms with Crippen LogP contribution < -0.4 is 16.4 Å². The topological polar surface area (TPSA) is 149 Å². The van der Waals surface area contributed by atoms with Crippen LogP contribution in [0.2, 0.25) is 5.02 Å². The van der Waals surface area contributed by atoms with E-state index in [1.807, 2.05) is 24.3 Å². The lowest BCUT2D eigenvalue weighted by Crippen LogP contribution is -2.41. The highest BCUT2D eigenvalue weighted by atomic mass is 35.5. The first-order valence-corrected chi connectivity index (χ1v) is 12.9. The summed E-state index contributed by atoms with van der Waals surface area (Å²) in [5.41, 5.74) is 7.93. The molecule has 1 heterocycles. The Morgan fingerprint density at radius 2 is 1.89 bits per heavy atom. The predicted molar refractivity (Wildman–Crippen MR) is 142 cm³/mol. The molecule has 0 aliphatic carbocycles. The molecule has 0 spiro atoms. The van der Waals surface area contributed by atoms with Crippen LogP contribution in [0, 0.1) is 0 Å². The number of halogens is 1. The van der Waals surface area contributed by atoms with Gasteiger partial charge in [0.1, 0.15) is 0 Å². The molecule has 2 aromatic carbocycles. The number of nitrogens with two attached hydrogens (primary N) is 1. The molecule has 0 aliphatic rings. The maximum absolute atomic E-state index is 12.9. The third kappa shape index (κ3) is 8.97. The van der Waals surface area contributed by atoms with Crippen LogP contribution in [0.15, 0.2) is 53.1 Å². The maximum atomic E-state index is 12.9. The number of rotatable bonds is 14. The van der Waals surface area contributed by atoms with Gasteiger partial charge in [-0.25, -0.2) is 4.79 Å². The van der Waals surface area contributed by atoms with Crippen molar-refractivity contribution in [3.8, 4) is 0 Å². The fourth-order valence-electron chi connectivity index (χ4n) is 3.72. The van der Waals surface area contributed by atoms with Gasteiger partial charge in [0.2, 0.25) is 17.5 Å². The lowest BCUT2D eigenvalue weighted by molar-refractivity contribution is 0.0903. The molecule has 38 heavy (non-hydrogen) atoms. The molecular formula is C27H32ClN5O5. The van der Waals surface area contributed by atoms with Crippen molar-refractivity contribution in [1.82, 2.24) is 20.8 Å². The zero-order valence-corrected chi connectivity index (χ0v) is 22.0. The predicted octanol–water partition coefficient (Wildman–Crippen LogP) is 3.71. The zero-order chi connectivity index (χ0) is 27.3. The minimum atomic E-state index is -0.845. The molecule has 10 nitrogen and oxygen atoms in total. The van der Waals surface area contributed by atoms with Gasteiger partial charge in [0.05, 0.1) is 19.1 Å². The Labute approximate surface area is 226 Å². The van der Waals surface area contributed by atoms with E-state index >= 15 is 0 Å². The first-order chi connectivity index (χ1) is 18.4. The largest absolute Gasteiger partial charge is 0.450 e. The van der Waals surface area contributed by atoms with E-state index in [1.165, 1.54) is 0 Å². The zero-order valence-electron chi connectivity index (χ0n) is 21.2. The Balaban J connectivity index is 1.55. The molecule has 3 rings (SSSR count). The van der Waals surface area contributed by atoms with Crippen LogP contribution in [0.4, 0.5) is 4.79 Å². The minimum absolute atomic E-state index is 0.120. The third-order valence-corrected chi connectivity index (χ3v) is 5.91. The highest BCUT2D eigenvalue weighted by Crippen LogP contribution is 2.13. The number of hydrogen-bond donors (Lipinski definition) is 3. The molecule has 1 atom stereocenters. The number of nitrogens with zero attached hydrogens (tertiary/aromatic N) is 2. The van der Waals surface area contributed by atoms with Crippen molar-refractivity contribution in [2.45, 2.75) is 45.1 Å². The number of carbonyl (C=O) groups is 3. The van der Waals surface area contributed by atoms with Crippen molar-refractivity contribution in [2.75, 3.05) is 19.7 Å². The standard InChI is InChI=1S/C27H32ClN5O5/c1-2-37-27(36)31-22(8-3-4-14-29)24(34)25-32-23(38-33-25)17-19-9-11-20(12-10-19)26(35)30-15-13-18-6-5-7-21(28)16-18/h5-7,9-12,16,22H,2-4,8,13-15,17,29H2,1H3,(H,30,35)(H,31,36). The van der Waals surface area contributed by atoms with Gasteiger partial charge in [-0.3, -0.25) is 9.59 Å². The summed E-state index contributed by atoms with van der Waals surface area (Å²) in [6.45, 7) is 2.83. The summed E-state index contributed by atoms with van der Waals surface area (Å²) >= 11 is 5.99. The van der Waals surface area contributed by atoms with Crippen LogP contribution in [-0.2, 0) is 17.6 Å². The number of ketones is 1. The van der Waals surface area contributed by atoms with Crippen LogP contribution in [0.1, 0.15) is 64.2 Å². The molecule has 0 bridgehead atoms. The van der Waals surface area contributed by atoms with Crippen molar-refractivity contribution in [3.63, 3.8) is 0 Å². The number of amides is 2. The smallest absolute Gasteiger partial charge is 0.407 e. The molecule has 11 heteroatoms. The fourth-order valence-corrected chi connectivity index (χ4v) is 3.94. The number of carbonyl (C=O) groups excluding carboxylic acids is 3. The molecule has 0 radical (unpaired) electrons. The Morgan fingerprint density at radius 1 is 1.11 bits per heavy atom. The van der Waals surface area contributed by atoms with Gasteiger partial charge < -0.3 is 25.6 Å². The quantitative estimate of drug-likeness (QED) is 0.206. The third-order valence-electron chi connectivity index (χ3n) is 5.68. The fraction of sp³-hybridized carbons (Fsp3) is 0.370. The second-order valence-corrected chi connectivity index (χ2v) is 9.02. The van der Waals surface area contributed by atoms with E-state index in [2.05, 4.69) is 20.8 Å². The van der Waals surface area contributed by atoms with Crippen molar-refractivity contribution >= 4 is 29.4 Å². The van der Waals surface area contributed by atoms with Crippen LogP contribution in [0.5, 0.6) is 0 Å². The number of alkyl carbamates (subject to hydrolysis) is 1. The average Bonchev–Trinajstić information content (AvgIpc) is 3.37. The van der Waals surface area contributed by atoms with Crippen LogP contribution in [0.3, 0.4) is 0 Å². The summed E-state index contributed by atoms with van der Waals surface area (Å²) in [5, 5.41) is 9.92. The van der Waals surface area contributed by atoms with Crippen LogP contribution in [0.25, 0.3) is 0 Å². The second kappa shape index (κ2) is 14.8. The molecule has 0 fully saturated rings. The Kier molecular flexibility index (Phi) is 11.3. The van der Waals surface area contributed by atoms with E-state index in [4.69, 9.17) is 26.6 Å². The van der Waals surface area contributed by atoms with Gasteiger partial charge >= 0.3 is 6.09 Å². The number of nitrogens with one attached hydrogen (secondary N) is 2. The lowest BCUT2D eigenvalue weighted by atomic mass is 10.0. The van der Waals surface area contributed by atoms with E-state index in [-0.39, 0.29) is 30.7 Å². The first-order valence-electron chi connectivity index (χ1n) is 12.5. The van der Waals surface area contributed by atoms with Gasteiger partial charge in [0.15, 0.2) is 0 Å². The summed E-state index contributed by atoms with van der Waals surface area (Å²) in [6.07, 6.45) is 2.00. The van der Waals surface area contributed by atoms with Gasteiger partial charge in [-0.05, 0) is 74.5 Å². The van der Waals surface area contributed by atoms with Crippen molar-refractivity contribution < 1.29 is 23.6 Å². The van der Waals surface area contributed by atoms with Gasteiger partial charge in [-0.1, -0.05) is 41.0 Å². The van der Waals surface area contributed by atoms with Crippen molar-refractivity contribution in [2.24, 2.45) is 5.73 Å². The summed E-state index contributed by atoms with van der Waals surface area (Å²) in [7, 11) is 0. The number of hydrogen-bond acceptors (Lipinski definition) is 8. The monoisotopic (exact) mass is 541 g/mol. The second-order valence-electron chi connectivity index (χ2n) is 8.59. The van der Waals surface area contributed by atoms with E-state index in [1.54, 1.807) is 31.2 Å². The molecule has 202 valence electrons. The van der Waals surface area contributed by atoms with E-state index in [0.29, 0.717) is 49.4 Å². The number of unbranched alkanes of at least 4 members (excludes halogenated alkanes) is 1. The normalized spacial score (nSPS) is 11.6. The Hall–Kier alpha value is -3.76. The van der Waals surface area contributed by atoms with E-state index < -0.39 is 17.9 Å². The number of ether oxygens (including phenoxy) is 1. The van der Waals surface area contributed by atoms with Gasteiger partial charge in [-0.15, -0.1) is 0 Å². The number of benzene rings is 2. The molecule has 2 amide bonds. The minimum Gasteiger partial charge on any atom is -0.450 e. The van der Waals surface area contributed by atoms with Crippen molar-refractivity contribution in [3.05, 3.63) is 82.0 Å². The summed E-state index contributed by atoms with van der Waals surface area (Å²) in [6, 6.07) is 13.7. The van der Waals surface area contributed by atoms with Crippen molar-refractivity contribution in [1.29, 1.82) is 0 Å². The van der Waals surface area contributed by atoms with Crippen LogP contribution >= 0.6 is 11.6 Å². The van der Waals surface area contributed by atoms with Gasteiger partial charge in [0.25, 0.3) is 5.91 Å². The molecule has 0 saturated carbocycles. The lowest BCUT2D eigenvalue weighted by Gasteiger charge is -2.15. The van der Waals surface area contributed by atoms with Gasteiger partial charge in [0, 0.05) is 17.1 Å². The Morgan fingerprint density at radius 3 is 2.61 bits per heavy atom. The first kappa shape index (κ1) is 28.8. The Bertz CT molecular complexity index is 1210. The highest BCUT2D eigenvalue weighted by Gasteiger charge is 2.26. The summed E-state index contributed by atoms with van der Waals surface area (Å²) < 4.78 is 10.2. The summed E-state index contributed by atoms with van der Waals surface area (Å²) in [5.74, 6) is -0.525. The van der Waals surface area contributed by atoms with Crippen LogP contribution in [-0.4, -0.2) is 53.7 Å². The molecule has 4 N–H and O–H groups in total. The number of aromatic nitrogens is 2. The summed E-state index contributed by atoms with van der Waals surface area (Å²) in [4.78, 5) is 41.5. The molecular weight excluding hydrogens is 510 g/mol. The maximum Gasteiger partial charge on any atom is 0.407 e. The number of Topliss-reactive ketones (excluding diaryl/α,β-unsaturated/α-hetero) is 1. The molecule has 0 aliphatic heterocycles. The van der Waals surface area contributed by atoms with E-state index in [0.717, 1.165) is 11.1 Å². The van der Waals surface area contributed by atoms with Gasteiger partial charge in [-0.2, -0.15) is 4.98 Å². The molecule has 1 unspecified atom stereocenters. The molecule has 3 aromatic rings.